The Kier molecular flexibility index (Phi) is 4.11. The van der Waals surface area contributed by atoms with Gasteiger partial charge < -0.3 is 15.4 Å². The van der Waals surface area contributed by atoms with Crippen molar-refractivity contribution in [1.82, 2.24) is 4.90 Å². The molecule has 1 fully saturated rings. The van der Waals surface area contributed by atoms with Gasteiger partial charge in [-0.3, -0.25) is 4.79 Å². The van der Waals surface area contributed by atoms with Gasteiger partial charge in [0.2, 0.25) is 0 Å². The Morgan fingerprint density at radius 1 is 1.18 bits per heavy atom. The van der Waals surface area contributed by atoms with Gasteiger partial charge >= 0.3 is 0 Å². The minimum atomic E-state index is -0.0811. The number of nitrogens with zero attached hydrogens (tertiary/aromatic N) is 1. The van der Waals surface area contributed by atoms with E-state index in [1.165, 1.54) is 0 Å². The van der Waals surface area contributed by atoms with Gasteiger partial charge in [0, 0.05) is 11.3 Å². The number of carbonyl (C=O) groups excluding carboxylic acids is 1. The fourth-order valence-corrected chi connectivity index (χ4v) is 2.75. The molecule has 0 saturated carbocycles. The molecule has 2 aromatic rings. The van der Waals surface area contributed by atoms with Crippen molar-refractivity contribution in [2.45, 2.75) is 19.1 Å². The van der Waals surface area contributed by atoms with Crippen LogP contribution >= 0.6 is 0 Å². The molecule has 2 N–H and O–H groups in total. The van der Waals surface area contributed by atoms with Crippen LogP contribution in [0, 0.1) is 0 Å². The van der Waals surface area contributed by atoms with Crippen LogP contribution in [0.25, 0.3) is 0 Å². The smallest absolute Gasteiger partial charge is 0.254 e. The van der Waals surface area contributed by atoms with E-state index in [4.69, 9.17) is 10.5 Å². The number of nitrogen functional groups attached to an aromatic ring is 1. The maximum atomic E-state index is 12.8. The summed E-state index contributed by atoms with van der Waals surface area (Å²) in [6.07, 6.45) is -0.0811. The lowest BCUT2D eigenvalue weighted by Crippen LogP contribution is -2.48. The zero-order valence-corrected chi connectivity index (χ0v) is 12.6. The number of morpholine rings is 1. The predicted molar refractivity (Wildman–Crippen MR) is 86.5 cm³/mol. The van der Waals surface area contributed by atoms with E-state index in [1.54, 1.807) is 18.2 Å². The largest absolute Gasteiger partial charge is 0.399 e. The number of nitrogens with two attached hydrogens (primary N) is 1. The molecule has 1 amide bonds. The summed E-state index contributed by atoms with van der Waals surface area (Å²) in [6.45, 7) is 3.10. The Balaban J connectivity index is 1.81. The number of carbonyl (C=O) groups is 1. The first-order valence-electron chi connectivity index (χ1n) is 7.48. The lowest BCUT2D eigenvalue weighted by atomic mass is 10.0. The summed E-state index contributed by atoms with van der Waals surface area (Å²) >= 11 is 0. The van der Waals surface area contributed by atoms with Gasteiger partial charge in [-0.1, -0.05) is 36.4 Å². The fourth-order valence-electron chi connectivity index (χ4n) is 2.75. The molecule has 0 bridgehead atoms. The number of hydrogen-bond donors (Lipinski definition) is 1. The van der Waals surface area contributed by atoms with Crippen molar-refractivity contribution in [3.8, 4) is 0 Å². The van der Waals surface area contributed by atoms with Crippen LogP contribution < -0.4 is 5.73 Å². The molecule has 4 heteroatoms. The molecule has 2 unspecified atom stereocenters. The number of ether oxygens (including phenoxy) is 1. The number of anilines is 1. The quantitative estimate of drug-likeness (QED) is 0.867. The molecule has 1 aliphatic rings. The molecular weight excluding hydrogens is 276 g/mol. The van der Waals surface area contributed by atoms with Gasteiger partial charge in [-0.2, -0.15) is 0 Å². The minimum absolute atomic E-state index is 0.00373. The Labute approximate surface area is 130 Å². The third-order valence-electron chi connectivity index (χ3n) is 4.00. The first-order valence-corrected chi connectivity index (χ1v) is 7.48. The third kappa shape index (κ3) is 2.97. The van der Waals surface area contributed by atoms with E-state index in [0.717, 1.165) is 5.56 Å². The van der Waals surface area contributed by atoms with E-state index in [-0.39, 0.29) is 18.1 Å². The lowest BCUT2D eigenvalue weighted by molar-refractivity contribution is -0.0486. The Hall–Kier alpha value is -2.33. The van der Waals surface area contributed by atoms with Crippen molar-refractivity contribution in [2.24, 2.45) is 0 Å². The van der Waals surface area contributed by atoms with Gasteiger partial charge in [0.1, 0.15) is 6.10 Å². The normalized spacial score (nSPS) is 21.6. The zero-order valence-electron chi connectivity index (χ0n) is 12.6. The third-order valence-corrected chi connectivity index (χ3v) is 4.00. The number of amides is 1. The van der Waals surface area contributed by atoms with E-state index < -0.39 is 0 Å². The fraction of sp³-hybridized carbons (Fsp3) is 0.278. The average molecular weight is 296 g/mol. The number of hydrogen-bond acceptors (Lipinski definition) is 3. The topological polar surface area (TPSA) is 55.6 Å². The molecule has 22 heavy (non-hydrogen) atoms. The maximum Gasteiger partial charge on any atom is 0.254 e. The molecule has 0 radical (unpaired) electrons. The van der Waals surface area contributed by atoms with E-state index in [0.29, 0.717) is 24.4 Å². The van der Waals surface area contributed by atoms with Crippen LogP contribution in [0.4, 0.5) is 5.69 Å². The van der Waals surface area contributed by atoms with Crippen molar-refractivity contribution < 1.29 is 9.53 Å². The highest BCUT2D eigenvalue weighted by Gasteiger charge is 2.30. The molecule has 0 aliphatic carbocycles. The first kappa shape index (κ1) is 14.6. The van der Waals surface area contributed by atoms with Crippen LogP contribution in [0.1, 0.15) is 28.9 Å². The summed E-state index contributed by atoms with van der Waals surface area (Å²) in [5, 5.41) is 0. The Morgan fingerprint density at radius 3 is 2.68 bits per heavy atom. The monoisotopic (exact) mass is 296 g/mol. The van der Waals surface area contributed by atoms with E-state index in [1.807, 2.05) is 48.2 Å². The molecule has 114 valence electrons. The standard InChI is InChI=1S/C18H20N2O2/c1-13-12-22-17(14-6-3-2-4-7-14)11-20(13)18(21)15-8-5-9-16(19)10-15/h2-10,13,17H,11-12,19H2,1H3. The summed E-state index contributed by atoms with van der Waals surface area (Å²) < 4.78 is 5.90. The highest BCUT2D eigenvalue weighted by atomic mass is 16.5. The molecule has 0 aromatic heterocycles. The van der Waals surface area contributed by atoms with Crippen molar-refractivity contribution in [3.05, 3.63) is 65.7 Å². The molecule has 2 aromatic carbocycles. The summed E-state index contributed by atoms with van der Waals surface area (Å²) in [5.41, 5.74) is 8.11. The van der Waals surface area contributed by atoms with Gasteiger partial charge in [-0.05, 0) is 30.7 Å². The SMILES string of the molecule is CC1COC(c2ccccc2)CN1C(=O)c1cccc(N)c1. The van der Waals surface area contributed by atoms with Gasteiger partial charge in [0.15, 0.2) is 0 Å². The van der Waals surface area contributed by atoms with Crippen molar-refractivity contribution in [3.63, 3.8) is 0 Å². The van der Waals surface area contributed by atoms with Crippen LogP contribution in [-0.4, -0.2) is 30.0 Å². The Morgan fingerprint density at radius 2 is 1.95 bits per heavy atom. The second-order valence-electron chi connectivity index (χ2n) is 5.66. The summed E-state index contributed by atoms with van der Waals surface area (Å²) in [6, 6.07) is 17.2. The molecule has 1 heterocycles. The molecule has 1 saturated heterocycles. The molecule has 4 nitrogen and oxygen atoms in total. The van der Waals surface area contributed by atoms with Crippen LogP contribution in [0.5, 0.6) is 0 Å². The molecular formula is C18H20N2O2. The van der Waals surface area contributed by atoms with Gasteiger partial charge in [-0.15, -0.1) is 0 Å². The number of benzene rings is 2. The van der Waals surface area contributed by atoms with E-state index in [9.17, 15) is 4.79 Å². The van der Waals surface area contributed by atoms with Crippen LogP contribution in [0.15, 0.2) is 54.6 Å². The number of rotatable bonds is 2. The summed E-state index contributed by atoms with van der Waals surface area (Å²) in [4.78, 5) is 14.6. The summed E-state index contributed by atoms with van der Waals surface area (Å²) in [7, 11) is 0. The highest BCUT2D eigenvalue weighted by molar-refractivity contribution is 5.95. The Bertz CT molecular complexity index is 657. The molecule has 0 spiro atoms. The zero-order chi connectivity index (χ0) is 15.5. The van der Waals surface area contributed by atoms with Gasteiger partial charge in [-0.25, -0.2) is 0 Å². The first-order chi connectivity index (χ1) is 10.6. The van der Waals surface area contributed by atoms with Gasteiger partial charge in [0.05, 0.1) is 19.2 Å². The van der Waals surface area contributed by atoms with Gasteiger partial charge in [0.25, 0.3) is 5.91 Å². The van der Waals surface area contributed by atoms with E-state index in [2.05, 4.69) is 0 Å². The van der Waals surface area contributed by atoms with Crippen molar-refractivity contribution in [2.75, 3.05) is 18.9 Å². The van der Waals surface area contributed by atoms with Crippen LogP contribution in [-0.2, 0) is 4.74 Å². The van der Waals surface area contributed by atoms with Crippen molar-refractivity contribution in [1.29, 1.82) is 0 Å². The summed E-state index contributed by atoms with van der Waals surface area (Å²) in [5.74, 6) is 0.00373. The molecule has 1 aliphatic heterocycles. The highest BCUT2D eigenvalue weighted by Crippen LogP contribution is 2.26. The molecule has 2 atom stereocenters. The minimum Gasteiger partial charge on any atom is -0.399 e. The maximum absolute atomic E-state index is 12.8. The average Bonchev–Trinajstić information content (AvgIpc) is 2.55. The second-order valence-corrected chi connectivity index (χ2v) is 5.66. The van der Waals surface area contributed by atoms with Crippen LogP contribution in [0.3, 0.4) is 0 Å². The molecule has 3 rings (SSSR count). The van der Waals surface area contributed by atoms with E-state index >= 15 is 0 Å². The van der Waals surface area contributed by atoms with Crippen molar-refractivity contribution >= 4 is 11.6 Å². The lowest BCUT2D eigenvalue weighted by Gasteiger charge is -2.38. The predicted octanol–water partition coefficient (Wildman–Crippen LogP) is 2.87. The van der Waals surface area contributed by atoms with Crippen LogP contribution in [0.2, 0.25) is 0 Å². The second kappa shape index (κ2) is 6.20.